The molecule has 1 aromatic rings. The number of rotatable bonds is 6. The van der Waals surface area contributed by atoms with Crippen LogP contribution in [0.2, 0.25) is 0 Å². The summed E-state index contributed by atoms with van der Waals surface area (Å²) in [6.45, 7) is 3.02. The minimum atomic E-state index is -3.32. The van der Waals surface area contributed by atoms with Crippen LogP contribution >= 0.6 is 0 Å². The average molecular weight is 303 g/mol. The van der Waals surface area contributed by atoms with Crippen molar-refractivity contribution in [3.63, 3.8) is 0 Å². The number of hydrogen-bond acceptors (Lipinski definition) is 8. The predicted octanol–water partition coefficient (Wildman–Crippen LogP) is 0.510. The van der Waals surface area contributed by atoms with Crippen molar-refractivity contribution in [2.45, 2.75) is 18.6 Å². The van der Waals surface area contributed by atoms with E-state index in [1.807, 2.05) is 0 Å². The third-order valence-corrected chi connectivity index (χ3v) is 5.06. The molecule has 0 bridgehead atoms. The van der Waals surface area contributed by atoms with Gasteiger partial charge in [-0.05, 0) is 19.9 Å². The molecular weight excluding hydrogens is 286 g/mol. The van der Waals surface area contributed by atoms with Crippen molar-refractivity contribution in [1.82, 2.24) is 4.98 Å². The number of anilines is 2. The van der Waals surface area contributed by atoms with Crippen molar-refractivity contribution in [2.24, 2.45) is 5.84 Å². The summed E-state index contributed by atoms with van der Waals surface area (Å²) in [5.74, 6) is 5.38. The Kier molecular flexibility index (Phi) is 4.50. The van der Waals surface area contributed by atoms with Crippen LogP contribution in [0.5, 0.6) is 0 Å². The van der Waals surface area contributed by atoms with Crippen LogP contribution in [0.15, 0.2) is 12.1 Å². The molecule has 9 nitrogen and oxygen atoms in total. The molecule has 1 heterocycles. The fourth-order valence-corrected chi connectivity index (χ4v) is 1.57. The molecule has 0 saturated heterocycles. The number of pyridine rings is 1. The van der Waals surface area contributed by atoms with E-state index in [1.165, 1.54) is 26.0 Å². The lowest BCUT2D eigenvalue weighted by molar-refractivity contribution is -0.384. The van der Waals surface area contributed by atoms with Crippen molar-refractivity contribution in [3.8, 4) is 0 Å². The second-order valence-corrected chi connectivity index (χ2v) is 7.50. The molecule has 112 valence electrons. The maximum absolute atomic E-state index is 11.6. The van der Waals surface area contributed by atoms with E-state index in [2.05, 4.69) is 15.7 Å². The SMILES string of the molecule is CC(C)(CNc1nc(NN)ccc1[N+](=O)[O-])S(C)(=O)=O. The fraction of sp³-hybridized carbons (Fsp3) is 0.500. The molecule has 4 N–H and O–H groups in total. The van der Waals surface area contributed by atoms with Gasteiger partial charge in [0.1, 0.15) is 5.82 Å². The van der Waals surface area contributed by atoms with Gasteiger partial charge >= 0.3 is 5.69 Å². The smallest absolute Gasteiger partial charge is 0.311 e. The largest absolute Gasteiger partial charge is 0.363 e. The highest BCUT2D eigenvalue weighted by Gasteiger charge is 2.31. The molecule has 0 aromatic carbocycles. The number of nitrogens with two attached hydrogens (primary N) is 1. The molecule has 0 aliphatic carbocycles. The lowest BCUT2D eigenvalue weighted by Gasteiger charge is -2.23. The van der Waals surface area contributed by atoms with Gasteiger partial charge in [-0.15, -0.1) is 0 Å². The number of nitrogen functional groups attached to an aromatic ring is 1. The summed E-state index contributed by atoms with van der Waals surface area (Å²) in [6, 6.07) is 2.59. The Balaban J connectivity index is 3.05. The first kappa shape index (κ1) is 16.1. The monoisotopic (exact) mass is 303 g/mol. The topological polar surface area (TPSA) is 140 Å². The summed E-state index contributed by atoms with van der Waals surface area (Å²) in [5.41, 5.74) is 2.01. The zero-order valence-electron chi connectivity index (χ0n) is 11.4. The standard InChI is InChI=1S/C10H17N5O4S/c1-10(2,20(3,18)19)6-12-9-7(15(16)17)4-5-8(13-9)14-11/h4-5H,6,11H2,1-3H3,(H2,12,13,14). The summed E-state index contributed by atoms with van der Waals surface area (Å²) in [5, 5.41) is 13.6. The van der Waals surface area contributed by atoms with E-state index < -0.39 is 19.5 Å². The van der Waals surface area contributed by atoms with Crippen LogP contribution in [-0.2, 0) is 9.84 Å². The van der Waals surface area contributed by atoms with Gasteiger partial charge in [0.15, 0.2) is 9.84 Å². The minimum Gasteiger partial charge on any atom is -0.363 e. The molecule has 1 rings (SSSR count). The molecule has 0 radical (unpaired) electrons. The molecule has 20 heavy (non-hydrogen) atoms. The Hall–Kier alpha value is -1.94. The van der Waals surface area contributed by atoms with Gasteiger partial charge < -0.3 is 10.7 Å². The quantitative estimate of drug-likeness (QED) is 0.392. The second kappa shape index (κ2) is 5.59. The Bertz CT molecular complexity index is 614. The second-order valence-electron chi connectivity index (χ2n) is 4.85. The molecule has 0 aliphatic heterocycles. The van der Waals surface area contributed by atoms with Gasteiger partial charge in [-0.1, -0.05) is 0 Å². The first-order valence-corrected chi connectivity index (χ1v) is 7.53. The minimum absolute atomic E-state index is 0.0201. The van der Waals surface area contributed by atoms with Gasteiger partial charge in [-0.2, -0.15) is 0 Å². The van der Waals surface area contributed by atoms with Crippen molar-refractivity contribution in [3.05, 3.63) is 22.2 Å². The van der Waals surface area contributed by atoms with Crippen LogP contribution in [0.25, 0.3) is 0 Å². The van der Waals surface area contributed by atoms with Gasteiger partial charge in [0.25, 0.3) is 0 Å². The lowest BCUT2D eigenvalue weighted by atomic mass is 10.2. The predicted molar refractivity (Wildman–Crippen MR) is 76.1 cm³/mol. The highest BCUT2D eigenvalue weighted by Crippen LogP contribution is 2.25. The molecule has 0 amide bonds. The van der Waals surface area contributed by atoms with Crippen molar-refractivity contribution in [1.29, 1.82) is 0 Å². The first-order valence-electron chi connectivity index (χ1n) is 5.64. The molecule has 0 spiro atoms. The molecule has 0 unspecified atom stereocenters. The van der Waals surface area contributed by atoms with Gasteiger partial charge in [0.05, 0.1) is 9.67 Å². The lowest BCUT2D eigenvalue weighted by Crippen LogP contribution is -2.38. The molecule has 0 aliphatic rings. The van der Waals surface area contributed by atoms with E-state index in [4.69, 9.17) is 5.84 Å². The number of nitrogens with zero attached hydrogens (tertiary/aromatic N) is 2. The highest BCUT2D eigenvalue weighted by atomic mass is 32.2. The zero-order chi connectivity index (χ0) is 15.6. The Morgan fingerprint density at radius 3 is 2.50 bits per heavy atom. The van der Waals surface area contributed by atoms with Crippen molar-refractivity contribution in [2.75, 3.05) is 23.5 Å². The normalized spacial score (nSPS) is 12.0. The number of hydrazine groups is 1. The number of hydrogen-bond donors (Lipinski definition) is 3. The number of aromatic nitrogens is 1. The summed E-state index contributed by atoms with van der Waals surface area (Å²) in [7, 11) is -3.32. The molecule has 0 fully saturated rings. The van der Waals surface area contributed by atoms with E-state index in [9.17, 15) is 18.5 Å². The molecule has 10 heteroatoms. The van der Waals surface area contributed by atoms with E-state index in [1.54, 1.807) is 0 Å². The first-order chi connectivity index (χ1) is 9.08. The Labute approximate surface area is 116 Å². The van der Waals surface area contributed by atoms with Crippen LogP contribution in [0, 0.1) is 10.1 Å². The van der Waals surface area contributed by atoms with Crippen molar-refractivity contribution < 1.29 is 13.3 Å². The molecular formula is C10H17N5O4S. The maximum Gasteiger partial charge on any atom is 0.311 e. The van der Waals surface area contributed by atoms with Crippen LogP contribution < -0.4 is 16.6 Å². The third kappa shape index (κ3) is 3.54. The van der Waals surface area contributed by atoms with Crippen LogP contribution in [-0.4, -0.2) is 35.9 Å². The van der Waals surface area contributed by atoms with Gasteiger partial charge in [0.2, 0.25) is 5.82 Å². The summed E-state index contributed by atoms with van der Waals surface area (Å²) in [6.07, 6.45) is 1.11. The van der Waals surface area contributed by atoms with E-state index >= 15 is 0 Å². The summed E-state index contributed by atoms with van der Waals surface area (Å²) in [4.78, 5) is 14.2. The van der Waals surface area contributed by atoms with E-state index in [-0.39, 0.29) is 23.9 Å². The fourth-order valence-electron chi connectivity index (χ4n) is 1.24. The number of sulfone groups is 1. The van der Waals surface area contributed by atoms with Gasteiger partial charge in [-0.3, -0.25) is 10.1 Å². The summed E-state index contributed by atoms with van der Waals surface area (Å²) < 4.78 is 22.1. The zero-order valence-corrected chi connectivity index (χ0v) is 12.2. The van der Waals surface area contributed by atoms with Gasteiger partial charge in [0, 0.05) is 18.9 Å². The van der Waals surface area contributed by atoms with Crippen LogP contribution in [0.1, 0.15) is 13.8 Å². The Morgan fingerprint density at radius 2 is 2.05 bits per heavy atom. The number of nitrogens with one attached hydrogen (secondary N) is 2. The molecule has 1 aromatic heterocycles. The van der Waals surface area contributed by atoms with E-state index in [0.717, 1.165) is 6.26 Å². The van der Waals surface area contributed by atoms with Crippen LogP contribution in [0.4, 0.5) is 17.3 Å². The average Bonchev–Trinajstić information content (AvgIpc) is 2.34. The maximum atomic E-state index is 11.6. The Morgan fingerprint density at radius 1 is 1.45 bits per heavy atom. The van der Waals surface area contributed by atoms with E-state index in [0.29, 0.717) is 0 Å². The van der Waals surface area contributed by atoms with Crippen LogP contribution in [0.3, 0.4) is 0 Å². The highest BCUT2D eigenvalue weighted by molar-refractivity contribution is 7.92. The number of nitro groups is 1. The summed E-state index contributed by atoms with van der Waals surface area (Å²) >= 11 is 0. The molecule has 0 atom stereocenters. The third-order valence-electron chi connectivity index (χ3n) is 2.90. The van der Waals surface area contributed by atoms with Gasteiger partial charge in [-0.25, -0.2) is 19.2 Å². The molecule has 0 saturated carbocycles. The van der Waals surface area contributed by atoms with Crippen molar-refractivity contribution >= 4 is 27.2 Å².